The number of nitrogens with one attached hydrogen (secondary N) is 2. The van der Waals surface area contributed by atoms with Crippen LogP contribution >= 0.6 is 0 Å². The predicted octanol–water partition coefficient (Wildman–Crippen LogP) is 3.19. The Morgan fingerprint density at radius 1 is 1.15 bits per heavy atom. The molecule has 0 fully saturated rings. The van der Waals surface area contributed by atoms with Crippen molar-refractivity contribution in [1.82, 2.24) is 10.3 Å². The molecule has 2 rings (SSSR count). The average Bonchev–Trinajstić information content (AvgIpc) is 2.64. The van der Waals surface area contributed by atoms with Gasteiger partial charge >= 0.3 is 12.3 Å². The summed E-state index contributed by atoms with van der Waals surface area (Å²) in [6.45, 7) is 1.35. The molecule has 1 aromatic carbocycles. The van der Waals surface area contributed by atoms with Gasteiger partial charge in [0.15, 0.2) is 5.60 Å². The van der Waals surface area contributed by atoms with Crippen LogP contribution in [0.4, 0.5) is 23.8 Å². The van der Waals surface area contributed by atoms with Crippen molar-refractivity contribution < 1.29 is 27.8 Å². The van der Waals surface area contributed by atoms with Gasteiger partial charge in [-0.2, -0.15) is 13.2 Å². The highest BCUT2D eigenvalue weighted by Gasteiger charge is 2.51. The van der Waals surface area contributed by atoms with Gasteiger partial charge in [-0.25, -0.2) is 9.78 Å². The third kappa shape index (κ3) is 5.85. The number of nitrogens with zero attached hydrogens (tertiary/aromatic N) is 1. The van der Waals surface area contributed by atoms with Gasteiger partial charge in [-0.1, -0.05) is 36.4 Å². The molecule has 0 bridgehead atoms. The number of aromatic nitrogens is 1. The minimum absolute atomic E-state index is 0.155. The number of anilines is 1. The summed E-state index contributed by atoms with van der Waals surface area (Å²) < 4.78 is 43.3. The van der Waals surface area contributed by atoms with E-state index in [1.54, 1.807) is 0 Å². The number of rotatable bonds is 7. The molecular formula is C18H20F3N3O3. The molecule has 6 nitrogen and oxygen atoms in total. The molecule has 27 heavy (non-hydrogen) atoms. The number of carbonyl (C=O) groups excluding carboxylic acids is 1. The third-order valence-electron chi connectivity index (χ3n) is 3.79. The SMILES string of the molecule is CC(O)(c1ccc(NCCNC(=O)OCc2ccccc2)nc1)C(F)(F)F. The van der Waals surface area contributed by atoms with E-state index in [1.807, 2.05) is 30.3 Å². The molecule has 1 amide bonds. The quantitative estimate of drug-likeness (QED) is 0.640. The molecule has 9 heteroatoms. The molecular weight excluding hydrogens is 363 g/mol. The minimum Gasteiger partial charge on any atom is -0.445 e. The second-order valence-electron chi connectivity index (χ2n) is 5.92. The molecule has 0 saturated carbocycles. The monoisotopic (exact) mass is 383 g/mol. The van der Waals surface area contributed by atoms with Crippen molar-refractivity contribution in [3.8, 4) is 0 Å². The molecule has 1 aromatic heterocycles. The van der Waals surface area contributed by atoms with Crippen molar-refractivity contribution in [2.75, 3.05) is 18.4 Å². The highest BCUT2D eigenvalue weighted by atomic mass is 19.4. The summed E-state index contributed by atoms with van der Waals surface area (Å²) in [4.78, 5) is 15.4. The molecule has 0 saturated heterocycles. The first-order chi connectivity index (χ1) is 12.7. The normalized spacial score (nSPS) is 13.5. The number of alkyl halides is 3. The Morgan fingerprint density at radius 3 is 2.44 bits per heavy atom. The average molecular weight is 383 g/mol. The lowest BCUT2D eigenvalue weighted by Gasteiger charge is -2.26. The first kappa shape index (κ1) is 20.5. The number of pyridine rings is 1. The molecule has 0 aliphatic heterocycles. The molecule has 0 spiro atoms. The molecule has 1 unspecified atom stereocenters. The van der Waals surface area contributed by atoms with Crippen LogP contribution < -0.4 is 10.6 Å². The first-order valence-electron chi connectivity index (χ1n) is 8.14. The molecule has 3 N–H and O–H groups in total. The second kappa shape index (κ2) is 8.72. The summed E-state index contributed by atoms with van der Waals surface area (Å²) in [6, 6.07) is 11.7. The molecule has 1 atom stereocenters. The van der Waals surface area contributed by atoms with Crippen molar-refractivity contribution in [2.45, 2.75) is 25.3 Å². The Hall–Kier alpha value is -2.81. The fraction of sp³-hybridized carbons (Fsp3) is 0.333. The molecule has 0 radical (unpaired) electrons. The number of halogens is 3. The molecule has 2 aromatic rings. The van der Waals surface area contributed by atoms with E-state index < -0.39 is 17.9 Å². The van der Waals surface area contributed by atoms with E-state index in [4.69, 9.17) is 4.74 Å². The van der Waals surface area contributed by atoms with Gasteiger partial charge in [0, 0.05) is 24.8 Å². The Bertz CT molecular complexity index is 735. The van der Waals surface area contributed by atoms with Gasteiger partial charge in [0.1, 0.15) is 12.4 Å². The first-order valence-corrected chi connectivity index (χ1v) is 8.14. The van der Waals surface area contributed by atoms with Crippen molar-refractivity contribution in [3.63, 3.8) is 0 Å². The fourth-order valence-electron chi connectivity index (χ4n) is 2.08. The van der Waals surface area contributed by atoms with E-state index >= 15 is 0 Å². The Labute approximate surface area is 154 Å². The lowest BCUT2D eigenvalue weighted by molar-refractivity contribution is -0.259. The van der Waals surface area contributed by atoms with Gasteiger partial charge in [0.05, 0.1) is 0 Å². The van der Waals surface area contributed by atoms with Crippen molar-refractivity contribution in [1.29, 1.82) is 0 Å². The lowest BCUT2D eigenvalue weighted by atomic mass is 9.97. The van der Waals surface area contributed by atoms with E-state index in [-0.39, 0.29) is 18.7 Å². The molecule has 0 aliphatic carbocycles. The number of aliphatic hydroxyl groups is 1. The van der Waals surface area contributed by atoms with E-state index in [0.717, 1.165) is 17.8 Å². The minimum atomic E-state index is -4.80. The van der Waals surface area contributed by atoms with Crippen LogP contribution in [0.15, 0.2) is 48.7 Å². The van der Waals surface area contributed by atoms with Crippen LogP contribution in [0, 0.1) is 0 Å². The number of benzene rings is 1. The van der Waals surface area contributed by atoms with E-state index in [1.165, 1.54) is 6.07 Å². The van der Waals surface area contributed by atoms with Gasteiger partial charge < -0.3 is 20.5 Å². The largest absolute Gasteiger partial charge is 0.445 e. The Morgan fingerprint density at radius 2 is 1.85 bits per heavy atom. The van der Waals surface area contributed by atoms with Crippen LogP contribution in [-0.4, -0.2) is 35.4 Å². The maximum absolute atomic E-state index is 12.8. The maximum atomic E-state index is 12.8. The zero-order valence-electron chi connectivity index (χ0n) is 14.6. The Balaban J connectivity index is 1.72. The van der Waals surface area contributed by atoms with Crippen LogP contribution in [0.2, 0.25) is 0 Å². The van der Waals surface area contributed by atoms with Gasteiger partial charge in [-0.05, 0) is 18.6 Å². The Kier molecular flexibility index (Phi) is 6.62. The van der Waals surface area contributed by atoms with Gasteiger partial charge in [-0.3, -0.25) is 0 Å². The summed E-state index contributed by atoms with van der Waals surface area (Å²) in [6.07, 6.45) is -4.42. The number of amides is 1. The zero-order valence-corrected chi connectivity index (χ0v) is 14.6. The number of alkyl carbamates (subject to hydrolysis) is 1. The predicted molar refractivity (Wildman–Crippen MR) is 93.0 cm³/mol. The summed E-state index contributed by atoms with van der Waals surface area (Å²) >= 11 is 0. The molecule has 146 valence electrons. The standard InChI is InChI=1S/C18H20F3N3O3/c1-17(26,18(19,20)21)14-7-8-15(24-11-14)22-9-10-23-16(25)27-12-13-5-3-2-4-6-13/h2-8,11,26H,9-10,12H2,1H3,(H,22,24)(H,23,25). The van der Waals surface area contributed by atoms with Gasteiger partial charge in [0.25, 0.3) is 0 Å². The summed E-state index contributed by atoms with van der Waals surface area (Å²) in [5.41, 5.74) is -2.46. The van der Waals surface area contributed by atoms with Crippen LogP contribution in [0.25, 0.3) is 0 Å². The van der Waals surface area contributed by atoms with E-state index in [0.29, 0.717) is 19.3 Å². The highest BCUT2D eigenvalue weighted by Crippen LogP contribution is 2.38. The number of carbonyl (C=O) groups is 1. The zero-order chi connectivity index (χ0) is 19.9. The summed E-state index contributed by atoms with van der Waals surface area (Å²) in [5, 5.41) is 15.0. The van der Waals surface area contributed by atoms with Crippen molar-refractivity contribution in [3.05, 3.63) is 59.8 Å². The molecule has 0 aliphatic rings. The number of hydrogen-bond donors (Lipinski definition) is 3. The second-order valence-corrected chi connectivity index (χ2v) is 5.92. The van der Waals surface area contributed by atoms with Crippen LogP contribution in [-0.2, 0) is 16.9 Å². The van der Waals surface area contributed by atoms with Crippen LogP contribution in [0.3, 0.4) is 0 Å². The van der Waals surface area contributed by atoms with E-state index in [9.17, 15) is 23.1 Å². The lowest BCUT2D eigenvalue weighted by Crippen LogP contribution is -2.39. The maximum Gasteiger partial charge on any atom is 0.421 e. The van der Waals surface area contributed by atoms with Gasteiger partial charge in [-0.15, -0.1) is 0 Å². The van der Waals surface area contributed by atoms with Gasteiger partial charge in [0.2, 0.25) is 0 Å². The fourth-order valence-corrected chi connectivity index (χ4v) is 2.08. The highest BCUT2D eigenvalue weighted by molar-refractivity contribution is 5.67. The number of hydrogen-bond acceptors (Lipinski definition) is 5. The smallest absolute Gasteiger partial charge is 0.421 e. The third-order valence-corrected chi connectivity index (χ3v) is 3.79. The summed E-state index contributed by atoms with van der Waals surface area (Å²) in [5.74, 6) is 0.316. The van der Waals surface area contributed by atoms with E-state index in [2.05, 4.69) is 15.6 Å². The number of ether oxygens (including phenoxy) is 1. The van der Waals surface area contributed by atoms with Crippen LogP contribution in [0.5, 0.6) is 0 Å². The topological polar surface area (TPSA) is 83.5 Å². The van der Waals surface area contributed by atoms with Crippen molar-refractivity contribution in [2.24, 2.45) is 0 Å². The van der Waals surface area contributed by atoms with Crippen molar-refractivity contribution >= 4 is 11.9 Å². The van der Waals surface area contributed by atoms with Crippen LogP contribution in [0.1, 0.15) is 18.1 Å². The molecule has 1 heterocycles. The summed E-state index contributed by atoms with van der Waals surface area (Å²) in [7, 11) is 0.